The molecule has 180 valence electrons. The van der Waals surface area contributed by atoms with Gasteiger partial charge in [0.05, 0.1) is 29.1 Å². The van der Waals surface area contributed by atoms with Crippen molar-refractivity contribution >= 4 is 23.7 Å². The summed E-state index contributed by atoms with van der Waals surface area (Å²) in [6.07, 6.45) is 7.21. The summed E-state index contributed by atoms with van der Waals surface area (Å²) in [5.41, 5.74) is 2.66. The summed E-state index contributed by atoms with van der Waals surface area (Å²) in [6.45, 7) is 3.38. The Bertz CT molecular complexity index is 1240. The van der Waals surface area contributed by atoms with E-state index in [-0.39, 0.29) is 23.4 Å². The number of rotatable bonds is 8. The van der Waals surface area contributed by atoms with Crippen LogP contribution in [0.1, 0.15) is 30.9 Å². The standard InChI is InChI=1S/C27H26N2O6/c1-18-23(26(30)34-3)25(21-14-10-15-22(17-21)29(32)33)24(19(2)28-18)27(31)35-16-9-5-8-13-20-11-6-4-7-12-20/h4-15,17,25,28H,16H2,1-3H3/b9-5+,13-8-. The Balaban J connectivity index is 1.85. The molecule has 0 amide bonds. The molecular weight excluding hydrogens is 448 g/mol. The predicted octanol–water partition coefficient (Wildman–Crippen LogP) is 4.82. The van der Waals surface area contributed by atoms with Crippen LogP contribution in [-0.4, -0.2) is 30.6 Å². The number of carbonyl (C=O) groups excluding carboxylic acids is 2. The van der Waals surface area contributed by atoms with Gasteiger partial charge in [-0.25, -0.2) is 9.59 Å². The van der Waals surface area contributed by atoms with Crippen LogP contribution < -0.4 is 5.32 Å². The second-order valence-electron chi connectivity index (χ2n) is 7.78. The van der Waals surface area contributed by atoms with Gasteiger partial charge in [0.25, 0.3) is 5.69 Å². The molecule has 0 bridgehead atoms. The van der Waals surface area contributed by atoms with Gasteiger partial charge in [0.15, 0.2) is 0 Å². The first-order valence-corrected chi connectivity index (χ1v) is 10.9. The van der Waals surface area contributed by atoms with Crippen molar-refractivity contribution in [1.29, 1.82) is 0 Å². The molecule has 1 aliphatic heterocycles. The first-order valence-electron chi connectivity index (χ1n) is 10.9. The van der Waals surface area contributed by atoms with Gasteiger partial charge in [-0.05, 0) is 31.1 Å². The number of hydrogen-bond donors (Lipinski definition) is 1. The summed E-state index contributed by atoms with van der Waals surface area (Å²) >= 11 is 0. The lowest BCUT2D eigenvalue weighted by atomic mass is 9.80. The molecule has 0 aromatic heterocycles. The minimum absolute atomic E-state index is 0.00660. The molecule has 35 heavy (non-hydrogen) atoms. The minimum Gasteiger partial charge on any atom is -0.466 e. The zero-order valence-corrected chi connectivity index (χ0v) is 19.7. The molecule has 1 aliphatic rings. The quantitative estimate of drug-likeness (QED) is 0.253. The summed E-state index contributed by atoms with van der Waals surface area (Å²) in [4.78, 5) is 36.6. The zero-order valence-electron chi connectivity index (χ0n) is 19.7. The van der Waals surface area contributed by atoms with Crippen LogP contribution in [0.15, 0.2) is 95.4 Å². The number of hydrogen-bond acceptors (Lipinski definition) is 7. The summed E-state index contributed by atoms with van der Waals surface area (Å²) in [6, 6.07) is 15.6. The molecule has 0 fully saturated rings. The van der Waals surface area contributed by atoms with Gasteiger partial charge in [-0.15, -0.1) is 0 Å². The van der Waals surface area contributed by atoms with E-state index in [2.05, 4.69) is 5.32 Å². The van der Waals surface area contributed by atoms with Crippen LogP contribution in [-0.2, 0) is 19.1 Å². The maximum atomic E-state index is 13.1. The lowest BCUT2D eigenvalue weighted by molar-refractivity contribution is -0.384. The Labute approximate surface area is 203 Å². The Morgan fingerprint density at radius 2 is 1.69 bits per heavy atom. The van der Waals surface area contributed by atoms with E-state index in [4.69, 9.17) is 9.47 Å². The van der Waals surface area contributed by atoms with Crippen molar-refractivity contribution in [3.8, 4) is 0 Å². The molecule has 0 saturated carbocycles. The average Bonchev–Trinajstić information content (AvgIpc) is 2.85. The summed E-state index contributed by atoms with van der Waals surface area (Å²) in [5.74, 6) is -2.18. The van der Waals surface area contributed by atoms with Crippen molar-refractivity contribution < 1.29 is 24.0 Å². The number of esters is 2. The number of allylic oxidation sites excluding steroid dienone is 4. The van der Waals surface area contributed by atoms with Crippen LogP contribution in [0, 0.1) is 10.1 Å². The smallest absolute Gasteiger partial charge is 0.337 e. The van der Waals surface area contributed by atoms with E-state index in [1.807, 2.05) is 42.5 Å². The third kappa shape index (κ3) is 6.11. The first-order chi connectivity index (χ1) is 16.8. The molecule has 0 radical (unpaired) electrons. The van der Waals surface area contributed by atoms with Crippen molar-refractivity contribution in [3.63, 3.8) is 0 Å². The molecule has 1 unspecified atom stereocenters. The number of nitro groups is 1. The molecule has 0 saturated heterocycles. The fourth-order valence-electron chi connectivity index (χ4n) is 3.86. The van der Waals surface area contributed by atoms with Gasteiger partial charge < -0.3 is 14.8 Å². The molecule has 2 aromatic carbocycles. The number of non-ortho nitro benzene ring substituents is 1. The van der Waals surface area contributed by atoms with Crippen LogP contribution in [0.25, 0.3) is 6.08 Å². The van der Waals surface area contributed by atoms with E-state index in [1.165, 1.54) is 25.3 Å². The summed E-state index contributed by atoms with van der Waals surface area (Å²) < 4.78 is 10.4. The Morgan fingerprint density at radius 3 is 2.34 bits per heavy atom. The number of nitro benzene ring substituents is 1. The number of dihydropyridines is 1. The predicted molar refractivity (Wildman–Crippen MR) is 132 cm³/mol. The highest BCUT2D eigenvalue weighted by molar-refractivity contribution is 5.99. The molecule has 0 aliphatic carbocycles. The topological polar surface area (TPSA) is 108 Å². The highest BCUT2D eigenvalue weighted by Gasteiger charge is 2.38. The monoisotopic (exact) mass is 474 g/mol. The van der Waals surface area contributed by atoms with Crippen LogP contribution >= 0.6 is 0 Å². The Morgan fingerprint density at radius 1 is 1.00 bits per heavy atom. The van der Waals surface area contributed by atoms with E-state index in [1.54, 1.807) is 32.1 Å². The number of nitrogens with zero attached hydrogens (tertiary/aromatic N) is 1. The van der Waals surface area contributed by atoms with E-state index in [0.717, 1.165) is 5.56 Å². The van der Waals surface area contributed by atoms with E-state index >= 15 is 0 Å². The van der Waals surface area contributed by atoms with Gasteiger partial charge in [0.1, 0.15) is 6.61 Å². The molecular formula is C27H26N2O6. The number of nitrogens with one attached hydrogen (secondary N) is 1. The van der Waals surface area contributed by atoms with Gasteiger partial charge in [0, 0.05) is 23.5 Å². The lowest BCUT2D eigenvalue weighted by Gasteiger charge is -2.30. The second kappa shape index (κ2) is 11.6. The van der Waals surface area contributed by atoms with Crippen LogP contribution in [0.2, 0.25) is 0 Å². The van der Waals surface area contributed by atoms with E-state index < -0.39 is 22.8 Å². The zero-order chi connectivity index (χ0) is 25.4. The molecule has 1 heterocycles. The summed E-state index contributed by atoms with van der Waals surface area (Å²) in [7, 11) is 1.24. The Kier molecular flexibility index (Phi) is 8.34. The lowest BCUT2D eigenvalue weighted by Crippen LogP contribution is -2.32. The van der Waals surface area contributed by atoms with E-state index in [0.29, 0.717) is 17.0 Å². The largest absolute Gasteiger partial charge is 0.466 e. The summed E-state index contributed by atoms with van der Waals surface area (Å²) in [5, 5.41) is 14.4. The van der Waals surface area contributed by atoms with Crippen LogP contribution in [0.3, 0.4) is 0 Å². The van der Waals surface area contributed by atoms with Gasteiger partial charge in [-0.1, -0.05) is 60.7 Å². The first kappa shape index (κ1) is 25.2. The van der Waals surface area contributed by atoms with Crippen molar-refractivity contribution in [2.45, 2.75) is 19.8 Å². The van der Waals surface area contributed by atoms with Crippen LogP contribution in [0.5, 0.6) is 0 Å². The average molecular weight is 475 g/mol. The molecule has 0 spiro atoms. The van der Waals surface area contributed by atoms with E-state index in [9.17, 15) is 19.7 Å². The number of ether oxygens (including phenoxy) is 2. The second-order valence-corrected chi connectivity index (χ2v) is 7.78. The molecule has 1 atom stereocenters. The van der Waals surface area contributed by atoms with Gasteiger partial charge >= 0.3 is 11.9 Å². The van der Waals surface area contributed by atoms with Gasteiger partial charge in [-0.3, -0.25) is 10.1 Å². The van der Waals surface area contributed by atoms with Crippen molar-refractivity contribution in [2.75, 3.05) is 13.7 Å². The SMILES string of the molecule is COC(=O)C1=C(C)NC(C)=C(C(=O)OC/C=C/C=C\c2ccccc2)C1c1cccc([N+](=O)[O-])c1. The van der Waals surface area contributed by atoms with Crippen molar-refractivity contribution in [1.82, 2.24) is 5.32 Å². The van der Waals surface area contributed by atoms with Gasteiger partial charge in [-0.2, -0.15) is 0 Å². The highest BCUT2D eigenvalue weighted by atomic mass is 16.6. The van der Waals surface area contributed by atoms with Crippen molar-refractivity contribution in [2.24, 2.45) is 0 Å². The third-order valence-corrected chi connectivity index (χ3v) is 5.45. The van der Waals surface area contributed by atoms with Crippen molar-refractivity contribution in [3.05, 3.63) is 117 Å². The highest BCUT2D eigenvalue weighted by Crippen LogP contribution is 2.40. The molecule has 8 heteroatoms. The number of carbonyl (C=O) groups is 2. The molecule has 2 aromatic rings. The fourth-order valence-corrected chi connectivity index (χ4v) is 3.86. The normalized spacial score (nSPS) is 15.9. The number of benzene rings is 2. The minimum atomic E-state index is -0.891. The molecule has 3 rings (SSSR count). The fraction of sp³-hybridized carbons (Fsp3) is 0.185. The number of methoxy groups -OCH3 is 1. The van der Waals surface area contributed by atoms with Crippen LogP contribution in [0.4, 0.5) is 5.69 Å². The Hall–Kier alpha value is -4.46. The maximum Gasteiger partial charge on any atom is 0.337 e. The maximum absolute atomic E-state index is 13.1. The molecule has 8 nitrogen and oxygen atoms in total. The third-order valence-electron chi connectivity index (χ3n) is 5.45. The van der Waals surface area contributed by atoms with Gasteiger partial charge in [0.2, 0.25) is 0 Å². The molecule has 1 N–H and O–H groups in total.